The van der Waals surface area contributed by atoms with Gasteiger partial charge in [-0.15, -0.1) is 0 Å². The monoisotopic (exact) mass is 477 g/mol. The van der Waals surface area contributed by atoms with E-state index in [-0.39, 0.29) is 29.8 Å². The van der Waals surface area contributed by atoms with Crippen molar-refractivity contribution in [3.05, 3.63) is 70.6 Å². The van der Waals surface area contributed by atoms with Gasteiger partial charge in [0.05, 0.1) is 31.7 Å². The van der Waals surface area contributed by atoms with E-state index >= 15 is 0 Å². The topological polar surface area (TPSA) is 73.9 Å². The Kier molecular flexibility index (Phi) is 7.23. The van der Waals surface area contributed by atoms with Crippen LogP contribution in [-0.2, 0) is 20.9 Å². The number of methoxy groups -OCH3 is 2. The smallest absolute Gasteiger partial charge is 0.250 e. The van der Waals surface area contributed by atoms with E-state index < -0.39 is 17.8 Å². The fourth-order valence-corrected chi connectivity index (χ4v) is 3.56. The minimum atomic E-state index is -0.742. The number of ketones is 1. The van der Waals surface area contributed by atoms with Crippen molar-refractivity contribution >= 4 is 27.6 Å². The van der Waals surface area contributed by atoms with Gasteiger partial charge in [0.15, 0.2) is 17.3 Å². The number of ether oxygens (including phenoxy) is 3. The SMILES string of the molecule is COc1ccc(CNC(=O)C2=C(C(=O)CBr)COC2c2ccc(F)cc2)cc1OC. The molecule has 0 aromatic heterocycles. The van der Waals surface area contributed by atoms with Crippen LogP contribution >= 0.6 is 15.9 Å². The molecule has 30 heavy (non-hydrogen) atoms. The lowest BCUT2D eigenvalue weighted by Gasteiger charge is -2.16. The Morgan fingerprint density at radius 3 is 2.47 bits per heavy atom. The number of benzene rings is 2. The molecule has 0 fully saturated rings. The molecule has 0 spiro atoms. The normalized spacial score (nSPS) is 15.8. The second-order valence-electron chi connectivity index (χ2n) is 6.56. The number of carbonyl (C=O) groups excluding carboxylic acids is 2. The van der Waals surface area contributed by atoms with Crippen LogP contribution in [-0.4, -0.2) is 37.8 Å². The molecule has 158 valence electrons. The van der Waals surface area contributed by atoms with Gasteiger partial charge in [-0.3, -0.25) is 9.59 Å². The number of amides is 1. The van der Waals surface area contributed by atoms with Crippen LogP contribution in [0.15, 0.2) is 53.6 Å². The van der Waals surface area contributed by atoms with Gasteiger partial charge in [-0.05, 0) is 35.4 Å². The van der Waals surface area contributed by atoms with Gasteiger partial charge < -0.3 is 19.5 Å². The third-order valence-corrected chi connectivity index (χ3v) is 5.27. The average Bonchev–Trinajstić information content (AvgIpc) is 3.22. The number of rotatable bonds is 8. The van der Waals surface area contributed by atoms with Crippen molar-refractivity contribution in [2.75, 3.05) is 26.2 Å². The maximum Gasteiger partial charge on any atom is 0.250 e. The quantitative estimate of drug-likeness (QED) is 0.589. The van der Waals surface area contributed by atoms with Crippen LogP contribution in [0.2, 0.25) is 0 Å². The minimum Gasteiger partial charge on any atom is -0.493 e. The summed E-state index contributed by atoms with van der Waals surface area (Å²) in [5.74, 6) is 0.0989. The number of nitrogens with one attached hydrogen (secondary N) is 1. The van der Waals surface area contributed by atoms with E-state index in [1.807, 2.05) is 6.07 Å². The largest absolute Gasteiger partial charge is 0.493 e. The zero-order chi connectivity index (χ0) is 21.7. The summed E-state index contributed by atoms with van der Waals surface area (Å²) in [7, 11) is 3.08. The van der Waals surface area contributed by atoms with Crippen molar-refractivity contribution in [2.45, 2.75) is 12.6 Å². The highest BCUT2D eigenvalue weighted by atomic mass is 79.9. The molecular formula is C22H21BrFNO5. The van der Waals surface area contributed by atoms with E-state index in [1.165, 1.54) is 19.2 Å². The maximum absolute atomic E-state index is 13.3. The average molecular weight is 478 g/mol. The van der Waals surface area contributed by atoms with E-state index in [9.17, 15) is 14.0 Å². The van der Waals surface area contributed by atoms with Gasteiger partial charge in [0.25, 0.3) is 5.91 Å². The Labute approximate surface area is 182 Å². The third kappa shape index (κ3) is 4.71. The molecule has 0 bridgehead atoms. The lowest BCUT2D eigenvalue weighted by Crippen LogP contribution is -2.28. The Balaban J connectivity index is 1.84. The summed E-state index contributed by atoms with van der Waals surface area (Å²) in [4.78, 5) is 25.4. The number of alkyl halides is 1. The second kappa shape index (κ2) is 9.86. The third-order valence-electron chi connectivity index (χ3n) is 4.76. The number of hydrogen-bond acceptors (Lipinski definition) is 5. The van der Waals surface area contributed by atoms with Crippen molar-refractivity contribution in [2.24, 2.45) is 0 Å². The number of carbonyl (C=O) groups is 2. The van der Waals surface area contributed by atoms with Gasteiger partial charge in [-0.25, -0.2) is 4.39 Å². The molecule has 0 saturated carbocycles. The van der Waals surface area contributed by atoms with Crippen LogP contribution in [0.3, 0.4) is 0 Å². The van der Waals surface area contributed by atoms with Crippen molar-refractivity contribution in [3.63, 3.8) is 0 Å². The predicted octanol–water partition coefficient (Wildman–Crippen LogP) is 3.49. The van der Waals surface area contributed by atoms with Crippen molar-refractivity contribution < 1.29 is 28.2 Å². The molecule has 6 nitrogen and oxygen atoms in total. The summed E-state index contributed by atoms with van der Waals surface area (Å²) in [6.45, 7) is 0.236. The molecule has 1 N–H and O–H groups in total. The first-order valence-electron chi connectivity index (χ1n) is 9.16. The standard InChI is InChI=1S/C22H21BrFNO5/c1-28-18-8-3-13(9-19(18)29-2)11-25-22(27)20-16(17(26)10-23)12-30-21(20)14-4-6-15(24)7-5-14/h3-9,21H,10-12H2,1-2H3,(H,25,27). The van der Waals surface area contributed by atoms with Crippen LogP contribution < -0.4 is 14.8 Å². The highest BCUT2D eigenvalue weighted by molar-refractivity contribution is 9.09. The highest BCUT2D eigenvalue weighted by Gasteiger charge is 2.35. The Bertz CT molecular complexity index is 974. The minimum absolute atomic E-state index is 0.0194. The molecule has 2 aromatic rings. The van der Waals surface area contributed by atoms with E-state index in [1.54, 1.807) is 31.4 Å². The molecule has 0 aliphatic carbocycles. The highest BCUT2D eigenvalue weighted by Crippen LogP contribution is 2.35. The Morgan fingerprint density at radius 1 is 1.13 bits per heavy atom. The molecule has 1 heterocycles. The molecule has 0 saturated heterocycles. The second-order valence-corrected chi connectivity index (χ2v) is 7.12. The molecule has 1 aliphatic rings. The first kappa shape index (κ1) is 22.0. The van der Waals surface area contributed by atoms with Gasteiger partial charge in [0.1, 0.15) is 11.9 Å². The number of Topliss-reactive ketones (excluding diaryl/α,β-unsaturated/α-hetero) is 1. The molecule has 8 heteroatoms. The Hall–Kier alpha value is -2.71. The molecule has 1 amide bonds. The predicted molar refractivity (Wildman–Crippen MR) is 112 cm³/mol. The van der Waals surface area contributed by atoms with Crippen molar-refractivity contribution in [3.8, 4) is 11.5 Å². The summed E-state index contributed by atoms with van der Waals surface area (Å²) < 4.78 is 29.5. The van der Waals surface area contributed by atoms with Gasteiger partial charge in [-0.1, -0.05) is 34.1 Å². The summed E-state index contributed by atoms with van der Waals surface area (Å²) in [6.07, 6.45) is -0.742. The van der Waals surface area contributed by atoms with Crippen molar-refractivity contribution in [1.82, 2.24) is 5.32 Å². The van der Waals surface area contributed by atoms with Crippen LogP contribution in [0.5, 0.6) is 11.5 Å². The summed E-state index contributed by atoms with van der Waals surface area (Å²) in [5.41, 5.74) is 1.95. The molecule has 1 atom stereocenters. The zero-order valence-corrected chi connectivity index (χ0v) is 18.1. The van der Waals surface area contributed by atoms with E-state index in [4.69, 9.17) is 14.2 Å². The van der Waals surface area contributed by atoms with Crippen LogP contribution in [0.4, 0.5) is 4.39 Å². The molecule has 0 radical (unpaired) electrons. The Morgan fingerprint density at radius 2 is 1.83 bits per heavy atom. The molecule has 2 aromatic carbocycles. The van der Waals surface area contributed by atoms with E-state index in [0.717, 1.165) is 5.56 Å². The number of halogens is 2. The first-order valence-corrected chi connectivity index (χ1v) is 10.3. The number of hydrogen-bond donors (Lipinski definition) is 1. The zero-order valence-electron chi connectivity index (χ0n) is 16.5. The lowest BCUT2D eigenvalue weighted by molar-refractivity contribution is -0.119. The fourth-order valence-electron chi connectivity index (χ4n) is 3.22. The van der Waals surface area contributed by atoms with Gasteiger partial charge >= 0.3 is 0 Å². The van der Waals surface area contributed by atoms with Gasteiger partial charge in [0, 0.05) is 12.1 Å². The fraction of sp³-hybridized carbons (Fsp3) is 0.273. The van der Waals surface area contributed by atoms with Crippen LogP contribution in [0.1, 0.15) is 17.2 Å². The van der Waals surface area contributed by atoms with Crippen molar-refractivity contribution in [1.29, 1.82) is 0 Å². The van der Waals surface area contributed by atoms with E-state index in [2.05, 4.69) is 21.2 Å². The summed E-state index contributed by atoms with van der Waals surface area (Å²) >= 11 is 3.15. The molecule has 3 rings (SSSR count). The lowest BCUT2D eigenvalue weighted by atomic mass is 9.97. The summed E-state index contributed by atoms with van der Waals surface area (Å²) in [5, 5.41) is 2.91. The van der Waals surface area contributed by atoms with E-state index in [0.29, 0.717) is 22.6 Å². The first-order chi connectivity index (χ1) is 14.5. The maximum atomic E-state index is 13.3. The molecule has 1 aliphatic heterocycles. The van der Waals surface area contributed by atoms with Gasteiger partial charge in [-0.2, -0.15) is 0 Å². The molecule has 1 unspecified atom stereocenters. The molecular weight excluding hydrogens is 457 g/mol. The van der Waals surface area contributed by atoms with Crippen LogP contribution in [0.25, 0.3) is 0 Å². The van der Waals surface area contributed by atoms with Crippen LogP contribution in [0, 0.1) is 5.82 Å². The van der Waals surface area contributed by atoms with Gasteiger partial charge in [0.2, 0.25) is 0 Å². The summed E-state index contributed by atoms with van der Waals surface area (Å²) in [6, 6.07) is 11.0.